The van der Waals surface area contributed by atoms with Gasteiger partial charge in [0.25, 0.3) is 0 Å². The van der Waals surface area contributed by atoms with Crippen molar-refractivity contribution in [2.24, 2.45) is 35.5 Å². The smallest absolute Gasteiger partial charge is 0.227 e. The molecule has 6 nitrogen and oxygen atoms in total. The minimum atomic E-state index is 0.0200. The molecule has 3 fully saturated rings. The number of amides is 3. The average molecular weight is 538 g/mol. The number of hydrogen-bond donors (Lipinski definition) is 3. The first-order chi connectivity index (χ1) is 18.9. The van der Waals surface area contributed by atoms with Crippen LogP contribution in [-0.4, -0.2) is 17.7 Å². The Kier molecular flexibility index (Phi) is 10.9. The summed E-state index contributed by atoms with van der Waals surface area (Å²) in [5.74, 6) is 2.38. The summed E-state index contributed by atoms with van der Waals surface area (Å²) in [5, 5.41) is 9.35. The van der Waals surface area contributed by atoms with Crippen molar-refractivity contribution < 1.29 is 14.4 Å². The summed E-state index contributed by atoms with van der Waals surface area (Å²) in [5.41, 5.74) is 1.90. The zero-order valence-corrected chi connectivity index (χ0v) is 24.5. The van der Waals surface area contributed by atoms with Gasteiger partial charge in [0.15, 0.2) is 0 Å². The number of hydrogen-bond acceptors (Lipinski definition) is 3. The number of benzene rings is 1. The van der Waals surface area contributed by atoms with Crippen molar-refractivity contribution in [1.82, 2.24) is 0 Å². The van der Waals surface area contributed by atoms with Gasteiger partial charge in [0.2, 0.25) is 17.7 Å². The molecule has 4 rings (SSSR count). The van der Waals surface area contributed by atoms with Crippen LogP contribution in [0.1, 0.15) is 117 Å². The van der Waals surface area contributed by atoms with Crippen LogP contribution >= 0.6 is 0 Å². The molecule has 0 radical (unpaired) electrons. The number of rotatable bonds is 9. The quantitative estimate of drug-likeness (QED) is 0.297. The maximum Gasteiger partial charge on any atom is 0.227 e. The van der Waals surface area contributed by atoms with Crippen LogP contribution in [0.2, 0.25) is 0 Å². The van der Waals surface area contributed by atoms with E-state index in [1.807, 2.05) is 18.2 Å². The van der Waals surface area contributed by atoms with Crippen LogP contribution in [0.4, 0.5) is 17.1 Å². The summed E-state index contributed by atoms with van der Waals surface area (Å²) in [7, 11) is 0. The molecule has 39 heavy (non-hydrogen) atoms. The Balaban J connectivity index is 1.45. The van der Waals surface area contributed by atoms with Gasteiger partial charge in [-0.2, -0.15) is 0 Å². The number of anilines is 3. The average Bonchev–Trinajstić information content (AvgIpc) is 2.97. The summed E-state index contributed by atoms with van der Waals surface area (Å²) < 4.78 is 0. The van der Waals surface area contributed by atoms with Crippen LogP contribution in [0.25, 0.3) is 0 Å². The van der Waals surface area contributed by atoms with Gasteiger partial charge < -0.3 is 16.0 Å². The number of carbonyl (C=O) groups is 3. The summed E-state index contributed by atoms with van der Waals surface area (Å²) in [6.07, 6.45) is 15.7. The third-order valence-corrected chi connectivity index (χ3v) is 10.1. The van der Waals surface area contributed by atoms with Gasteiger partial charge in [-0.1, -0.05) is 40.0 Å². The van der Waals surface area contributed by atoms with Crippen LogP contribution in [0.5, 0.6) is 0 Å². The van der Waals surface area contributed by atoms with Gasteiger partial charge >= 0.3 is 0 Å². The van der Waals surface area contributed by atoms with Gasteiger partial charge in [-0.15, -0.1) is 0 Å². The molecule has 0 unspecified atom stereocenters. The van der Waals surface area contributed by atoms with Gasteiger partial charge in [-0.25, -0.2) is 0 Å². The highest BCUT2D eigenvalue weighted by atomic mass is 16.2. The minimum absolute atomic E-state index is 0.0200. The Labute approximate surface area is 235 Å². The van der Waals surface area contributed by atoms with E-state index in [2.05, 4.69) is 36.7 Å². The Hall–Kier alpha value is -2.37. The van der Waals surface area contributed by atoms with Crippen molar-refractivity contribution in [3.05, 3.63) is 18.2 Å². The second-order valence-corrected chi connectivity index (χ2v) is 12.6. The summed E-state index contributed by atoms with van der Waals surface area (Å²) in [6.45, 7) is 6.68. The third kappa shape index (κ3) is 8.31. The van der Waals surface area contributed by atoms with Gasteiger partial charge in [0.05, 0.1) is 0 Å². The molecule has 0 saturated heterocycles. The topological polar surface area (TPSA) is 87.3 Å². The second-order valence-electron chi connectivity index (χ2n) is 12.6. The van der Waals surface area contributed by atoms with Crippen LogP contribution < -0.4 is 16.0 Å². The molecule has 3 aliphatic rings. The molecular formula is C33H51N3O3. The van der Waals surface area contributed by atoms with E-state index in [1.54, 1.807) is 0 Å². The van der Waals surface area contributed by atoms with E-state index in [9.17, 15) is 14.4 Å². The summed E-state index contributed by atoms with van der Waals surface area (Å²) in [4.78, 5) is 39.5. The molecule has 3 saturated carbocycles. The molecule has 0 spiro atoms. The minimum Gasteiger partial charge on any atom is -0.326 e. The SMILES string of the molecule is CC[C@H]1CC[C@H](C(=O)Nc2cc(NC(=O)[C@H]3CC[C@@H](CC)CC3)cc(NC(=O)[C@H]3CC[C@@H](CC)CC3)c2)CC1. The van der Waals surface area contributed by atoms with Crippen molar-refractivity contribution in [2.45, 2.75) is 117 Å². The normalized spacial score (nSPS) is 29.3. The number of carbonyl (C=O) groups excluding carboxylic acids is 3. The summed E-state index contributed by atoms with van der Waals surface area (Å²) >= 11 is 0. The lowest BCUT2D eigenvalue weighted by molar-refractivity contribution is -0.121. The predicted octanol–water partition coefficient (Wildman–Crippen LogP) is 8.15. The van der Waals surface area contributed by atoms with E-state index in [0.717, 1.165) is 94.8 Å². The third-order valence-electron chi connectivity index (χ3n) is 10.1. The lowest BCUT2D eigenvalue weighted by Gasteiger charge is -2.28. The first-order valence-electron chi connectivity index (χ1n) is 16.0. The molecule has 1 aromatic carbocycles. The molecule has 0 aliphatic heterocycles. The van der Waals surface area contributed by atoms with Crippen molar-refractivity contribution in [2.75, 3.05) is 16.0 Å². The molecule has 0 heterocycles. The lowest BCUT2D eigenvalue weighted by Crippen LogP contribution is -2.29. The van der Waals surface area contributed by atoms with Gasteiger partial charge in [-0.05, 0) is 113 Å². The fraction of sp³-hybridized carbons (Fsp3) is 0.727. The van der Waals surface area contributed by atoms with Gasteiger partial charge in [0.1, 0.15) is 0 Å². The van der Waals surface area contributed by atoms with E-state index in [4.69, 9.17) is 0 Å². The first-order valence-corrected chi connectivity index (χ1v) is 16.0. The Bertz CT molecular complexity index is 832. The Morgan fingerprint density at radius 1 is 0.487 bits per heavy atom. The molecule has 0 aromatic heterocycles. The maximum absolute atomic E-state index is 13.2. The molecular weight excluding hydrogens is 486 g/mol. The molecule has 216 valence electrons. The van der Waals surface area contributed by atoms with Crippen molar-refractivity contribution in [3.63, 3.8) is 0 Å². The fourth-order valence-corrected chi connectivity index (χ4v) is 7.08. The molecule has 6 heteroatoms. The first kappa shape index (κ1) is 29.6. The maximum atomic E-state index is 13.2. The van der Waals surface area contributed by atoms with Crippen LogP contribution in [0.3, 0.4) is 0 Å². The van der Waals surface area contributed by atoms with E-state index in [-0.39, 0.29) is 35.5 Å². The molecule has 3 aliphatic carbocycles. The Morgan fingerprint density at radius 3 is 0.923 bits per heavy atom. The highest BCUT2D eigenvalue weighted by molar-refractivity contribution is 5.99. The monoisotopic (exact) mass is 537 g/mol. The molecule has 3 N–H and O–H groups in total. The molecule has 0 bridgehead atoms. The second kappa shape index (κ2) is 14.3. The van der Waals surface area contributed by atoms with Gasteiger partial charge in [-0.3, -0.25) is 14.4 Å². The number of nitrogens with one attached hydrogen (secondary N) is 3. The lowest BCUT2D eigenvalue weighted by atomic mass is 9.80. The van der Waals surface area contributed by atoms with E-state index in [1.165, 1.54) is 19.3 Å². The predicted molar refractivity (Wildman–Crippen MR) is 160 cm³/mol. The molecule has 0 atom stereocenters. The molecule has 3 amide bonds. The zero-order chi connectivity index (χ0) is 27.8. The van der Waals surface area contributed by atoms with Crippen LogP contribution in [0, 0.1) is 35.5 Å². The Morgan fingerprint density at radius 2 is 0.718 bits per heavy atom. The van der Waals surface area contributed by atoms with Crippen LogP contribution in [0.15, 0.2) is 18.2 Å². The standard InChI is InChI=1S/C33H51N3O3/c1-4-22-7-13-25(14-8-22)31(37)34-28-19-29(35-32(38)26-15-9-23(5-2)10-16-26)21-30(20-28)36-33(39)27-17-11-24(6-3)12-18-27/h19-27H,4-18H2,1-3H3,(H,34,37)(H,35,38)(H,36,39)/t22-,23-,24-,25-,26+,27+. The van der Waals surface area contributed by atoms with Crippen molar-refractivity contribution in [1.29, 1.82) is 0 Å². The van der Waals surface area contributed by atoms with Crippen LogP contribution in [-0.2, 0) is 14.4 Å². The highest BCUT2D eigenvalue weighted by Crippen LogP contribution is 2.35. The van der Waals surface area contributed by atoms with E-state index >= 15 is 0 Å². The van der Waals surface area contributed by atoms with Gasteiger partial charge in [0, 0.05) is 34.8 Å². The zero-order valence-electron chi connectivity index (χ0n) is 24.5. The van der Waals surface area contributed by atoms with Crippen molar-refractivity contribution in [3.8, 4) is 0 Å². The van der Waals surface area contributed by atoms with E-state index < -0.39 is 0 Å². The highest BCUT2D eigenvalue weighted by Gasteiger charge is 2.28. The molecule has 1 aromatic rings. The summed E-state index contributed by atoms with van der Waals surface area (Å²) in [6, 6.07) is 5.52. The van der Waals surface area contributed by atoms with E-state index in [0.29, 0.717) is 17.1 Å². The largest absolute Gasteiger partial charge is 0.326 e. The fourth-order valence-electron chi connectivity index (χ4n) is 7.08. The van der Waals surface area contributed by atoms with Crippen molar-refractivity contribution >= 4 is 34.8 Å².